The van der Waals surface area contributed by atoms with E-state index in [4.69, 9.17) is 14.2 Å². The molecule has 0 aliphatic rings. The molecule has 2 aromatic rings. The van der Waals surface area contributed by atoms with Crippen LogP contribution in [-0.2, 0) is 4.74 Å². The van der Waals surface area contributed by atoms with Crippen LogP contribution < -0.4 is 9.47 Å². The van der Waals surface area contributed by atoms with Crippen molar-refractivity contribution in [1.82, 2.24) is 15.0 Å². The zero-order chi connectivity index (χ0) is 22.0. The van der Waals surface area contributed by atoms with Gasteiger partial charge in [0.05, 0.1) is 31.3 Å². The first-order valence-electron chi connectivity index (χ1n) is 11.9. The van der Waals surface area contributed by atoms with Gasteiger partial charge in [0, 0.05) is 31.0 Å². The number of aromatic nitrogens is 3. The van der Waals surface area contributed by atoms with Crippen molar-refractivity contribution < 1.29 is 14.2 Å². The molecule has 0 bridgehead atoms. The van der Waals surface area contributed by atoms with E-state index in [1.165, 1.54) is 38.5 Å². The van der Waals surface area contributed by atoms with Crippen LogP contribution in [0.1, 0.15) is 78.1 Å². The summed E-state index contributed by atoms with van der Waals surface area (Å²) in [5.74, 6) is 1.20. The lowest BCUT2D eigenvalue weighted by molar-refractivity contribution is 0.123. The van der Waals surface area contributed by atoms with E-state index in [1.54, 1.807) is 18.6 Å². The lowest BCUT2D eigenvalue weighted by atomic mass is 10.1. The van der Waals surface area contributed by atoms with Crippen molar-refractivity contribution >= 4 is 0 Å². The minimum atomic E-state index is 0.573. The molecule has 0 radical (unpaired) electrons. The maximum atomic E-state index is 5.71. The molecular weight excluding hydrogens is 390 g/mol. The first-order valence-corrected chi connectivity index (χ1v) is 11.9. The molecular formula is C25H39N3O3. The van der Waals surface area contributed by atoms with E-state index < -0.39 is 0 Å². The van der Waals surface area contributed by atoms with Crippen LogP contribution in [0.3, 0.4) is 0 Å². The van der Waals surface area contributed by atoms with Crippen LogP contribution in [0.15, 0.2) is 30.7 Å². The number of pyridine rings is 1. The van der Waals surface area contributed by atoms with Crippen molar-refractivity contribution in [3.63, 3.8) is 0 Å². The van der Waals surface area contributed by atoms with Gasteiger partial charge in [0.15, 0.2) is 0 Å². The second kappa shape index (κ2) is 16.5. The molecule has 2 aromatic heterocycles. The van der Waals surface area contributed by atoms with Crippen LogP contribution in [0.2, 0.25) is 0 Å². The Morgan fingerprint density at radius 1 is 0.581 bits per heavy atom. The normalized spacial score (nSPS) is 10.9. The van der Waals surface area contributed by atoms with E-state index in [-0.39, 0.29) is 0 Å². The smallest absolute Gasteiger partial charge is 0.232 e. The second-order valence-corrected chi connectivity index (χ2v) is 7.76. The zero-order valence-corrected chi connectivity index (χ0v) is 19.4. The van der Waals surface area contributed by atoms with Gasteiger partial charge >= 0.3 is 0 Å². The number of nitrogens with zero attached hydrogens (tertiary/aromatic N) is 3. The molecule has 6 heteroatoms. The van der Waals surface area contributed by atoms with Gasteiger partial charge in [-0.3, -0.25) is 0 Å². The summed E-state index contributed by atoms with van der Waals surface area (Å²) in [5, 5.41) is 0. The quantitative estimate of drug-likeness (QED) is 0.261. The van der Waals surface area contributed by atoms with E-state index in [9.17, 15) is 0 Å². The molecule has 172 valence electrons. The van der Waals surface area contributed by atoms with E-state index >= 15 is 0 Å². The summed E-state index contributed by atoms with van der Waals surface area (Å²) in [5.41, 5.74) is 1.68. The van der Waals surface area contributed by atoms with Gasteiger partial charge in [-0.25, -0.2) is 15.0 Å². The average molecular weight is 430 g/mol. The zero-order valence-electron chi connectivity index (χ0n) is 19.4. The highest BCUT2D eigenvalue weighted by Crippen LogP contribution is 2.19. The molecule has 0 unspecified atom stereocenters. The van der Waals surface area contributed by atoms with Crippen molar-refractivity contribution in [2.24, 2.45) is 0 Å². The standard InChI is InChI=1S/C25H39N3O3/c1-3-5-7-8-9-10-17-31-25-21-26-23(20-28-25)22-13-14-24(27-19-22)30-18-12-11-16-29-15-6-4-2/h13-14,19-21H,3-12,15-18H2,1-2H3. The highest BCUT2D eigenvalue weighted by atomic mass is 16.5. The predicted octanol–water partition coefficient (Wildman–Crippen LogP) is 6.25. The Balaban J connectivity index is 1.63. The molecule has 31 heavy (non-hydrogen) atoms. The SMILES string of the molecule is CCCCCCCCOc1cnc(-c2ccc(OCCCCOCCCC)nc2)cn1. The number of ether oxygens (including phenoxy) is 3. The molecule has 0 saturated carbocycles. The number of hydrogen-bond donors (Lipinski definition) is 0. The fourth-order valence-corrected chi connectivity index (χ4v) is 3.05. The molecule has 0 aliphatic heterocycles. The topological polar surface area (TPSA) is 66.4 Å². The van der Waals surface area contributed by atoms with Gasteiger partial charge in [-0.05, 0) is 31.7 Å². The number of rotatable bonds is 18. The van der Waals surface area contributed by atoms with Gasteiger partial charge < -0.3 is 14.2 Å². The third-order valence-electron chi connectivity index (χ3n) is 4.98. The third-order valence-corrected chi connectivity index (χ3v) is 4.98. The van der Waals surface area contributed by atoms with Gasteiger partial charge in [-0.1, -0.05) is 52.4 Å². The third kappa shape index (κ3) is 11.1. The minimum Gasteiger partial charge on any atom is -0.478 e. The predicted molar refractivity (Wildman–Crippen MR) is 125 cm³/mol. The van der Waals surface area contributed by atoms with E-state index in [1.807, 2.05) is 12.1 Å². The molecule has 0 N–H and O–H groups in total. The molecule has 2 heterocycles. The molecule has 0 atom stereocenters. The van der Waals surface area contributed by atoms with Gasteiger partial charge in [-0.15, -0.1) is 0 Å². The number of hydrogen-bond acceptors (Lipinski definition) is 6. The number of unbranched alkanes of at least 4 members (excludes halogenated alkanes) is 7. The largest absolute Gasteiger partial charge is 0.478 e. The van der Waals surface area contributed by atoms with Crippen LogP contribution in [0.25, 0.3) is 11.3 Å². The summed E-state index contributed by atoms with van der Waals surface area (Å²) in [6, 6.07) is 3.83. The van der Waals surface area contributed by atoms with Gasteiger partial charge in [0.1, 0.15) is 0 Å². The van der Waals surface area contributed by atoms with E-state index in [0.29, 0.717) is 25.0 Å². The van der Waals surface area contributed by atoms with Crippen LogP contribution in [-0.4, -0.2) is 41.4 Å². The first-order chi connectivity index (χ1) is 15.3. The Kier molecular flexibility index (Phi) is 13.3. The Morgan fingerprint density at radius 3 is 1.94 bits per heavy atom. The lowest BCUT2D eigenvalue weighted by Gasteiger charge is -2.07. The summed E-state index contributed by atoms with van der Waals surface area (Å²) in [6.07, 6.45) is 16.9. The molecule has 0 saturated heterocycles. The molecule has 0 aliphatic carbocycles. The van der Waals surface area contributed by atoms with Gasteiger partial charge in [0.2, 0.25) is 11.8 Å². The van der Waals surface area contributed by atoms with Crippen LogP contribution in [0, 0.1) is 0 Å². The maximum absolute atomic E-state index is 5.71. The van der Waals surface area contributed by atoms with Crippen molar-refractivity contribution in [2.45, 2.75) is 78.1 Å². The van der Waals surface area contributed by atoms with Crippen molar-refractivity contribution in [2.75, 3.05) is 26.4 Å². The summed E-state index contributed by atoms with van der Waals surface area (Å²) >= 11 is 0. The van der Waals surface area contributed by atoms with Crippen LogP contribution >= 0.6 is 0 Å². The Morgan fingerprint density at radius 2 is 1.23 bits per heavy atom. The summed E-state index contributed by atoms with van der Waals surface area (Å²) in [4.78, 5) is 13.2. The Labute approximate surface area is 187 Å². The lowest BCUT2D eigenvalue weighted by Crippen LogP contribution is -2.02. The van der Waals surface area contributed by atoms with Crippen molar-refractivity contribution in [3.8, 4) is 23.0 Å². The van der Waals surface area contributed by atoms with Gasteiger partial charge in [-0.2, -0.15) is 0 Å². The molecule has 0 amide bonds. The van der Waals surface area contributed by atoms with E-state index in [0.717, 1.165) is 50.2 Å². The van der Waals surface area contributed by atoms with Crippen molar-refractivity contribution in [1.29, 1.82) is 0 Å². The van der Waals surface area contributed by atoms with Gasteiger partial charge in [0.25, 0.3) is 0 Å². The highest BCUT2D eigenvalue weighted by Gasteiger charge is 2.04. The summed E-state index contributed by atoms with van der Waals surface area (Å²) in [7, 11) is 0. The first kappa shape index (κ1) is 25.1. The Hall–Kier alpha value is -2.21. The van der Waals surface area contributed by atoms with E-state index in [2.05, 4.69) is 28.8 Å². The fourth-order valence-electron chi connectivity index (χ4n) is 3.05. The molecule has 0 fully saturated rings. The molecule has 2 rings (SSSR count). The van der Waals surface area contributed by atoms with Crippen LogP contribution in [0.5, 0.6) is 11.8 Å². The van der Waals surface area contributed by atoms with Crippen LogP contribution in [0.4, 0.5) is 0 Å². The summed E-state index contributed by atoms with van der Waals surface area (Å²) in [6.45, 7) is 7.40. The monoisotopic (exact) mass is 429 g/mol. The summed E-state index contributed by atoms with van der Waals surface area (Å²) < 4.78 is 17.0. The molecule has 0 aromatic carbocycles. The molecule has 6 nitrogen and oxygen atoms in total. The maximum Gasteiger partial charge on any atom is 0.232 e. The minimum absolute atomic E-state index is 0.573. The fraction of sp³-hybridized carbons (Fsp3) is 0.640. The average Bonchev–Trinajstić information content (AvgIpc) is 2.81. The van der Waals surface area contributed by atoms with Crippen molar-refractivity contribution in [3.05, 3.63) is 30.7 Å². The highest BCUT2D eigenvalue weighted by molar-refractivity contribution is 5.57. The molecule has 0 spiro atoms. The second-order valence-electron chi connectivity index (χ2n) is 7.76. The Bertz CT molecular complexity index is 677.